The molecule has 0 aliphatic rings. The molecule has 132 valence electrons. The summed E-state index contributed by atoms with van der Waals surface area (Å²) in [6.07, 6.45) is 0.785. The van der Waals surface area contributed by atoms with Gasteiger partial charge >= 0.3 is 6.03 Å². The lowest BCUT2D eigenvalue weighted by atomic mass is 10.1. The summed E-state index contributed by atoms with van der Waals surface area (Å²) >= 11 is 3.45. The van der Waals surface area contributed by atoms with E-state index < -0.39 is 0 Å². The van der Waals surface area contributed by atoms with Crippen molar-refractivity contribution in [2.45, 2.75) is 6.42 Å². The van der Waals surface area contributed by atoms with Crippen LogP contribution in [0.5, 0.6) is 0 Å². The zero-order valence-corrected chi connectivity index (χ0v) is 15.8. The summed E-state index contributed by atoms with van der Waals surface area (Å²) in [6.45, 7) is 0.579. The molecular weight excluding hydrogens is 390 g/mol. The number of nitrogens with one attached hydrogen (secondary N) is 3. The van der Waals surface area contributed by atoms with Crippen LogP contribution >= 0.6 is 15.9 Å². The Morgan fingerprint density at radius 2 is 1.50 bits per heavy atom. The smallest absolute Gasteiger partial charge is 0.319 e. The van der Waals surface area contributed by atoms with Crippen LogP contribution in [0.4, 0.5) is 21.9 Å². The predicted octanol–water partition coefficient (Wildman–Crippen LogP) is 5.56. The number of halogens is 1. The molecule has 0 unspecified atom stereocenters. The molecule has 3 rings (SSSR count). The zero-order valence-electron chi connectivity index (χ0n) is 14.2. The van der Waals surface area contributed by atoms with Gasteiger partial charge in [-0.05, 0) is 60.5 Å². The Bertz CT molecular complexity index is 851. The van der Waals surface area contributed by atoms with Gasteiger partial charge in [0.25, 0.3) is 0 Å². The maximum absolute atomic E-state index is 12.0. The average molecular weight is 410 g/mol. The maximum atomic E-state index is 12.0. The Morgan fingerprint density at radius 3 is 2.23 bits per heavy atom. The van der Waals surface area contributed by atoms with Crippen LogP contribution in [0.1, 0.15) is 5.56 Å². The topological polar surface area (TPSA) is 53.2 Å². The van der Waals surface area contributed by atoms with E-state index in [1.54, 1.807) is 0 Å². The standard InChI is InChI=1S/C21H20BrN3O/c22-17-6-4-5-16(15-17)13-14-23-21(26)25-20-11-9-19(10-12-20)24-18-7-2-1-3-8-18/h1-12,15,24H,13-14H2,(H2,23,25,26). The van der Waals surface area contributed by atoms with Gasteiger partial charge < -0.3 is 16.0 Å². The van der Waals surface area contributed by atoms with Gasteiger partial charge in [-0.25, -0.2) is 4.79 Å². The number of carbonyl (C=O) groups excluding carboxylic acids is 1. The Labute approximate surface area is 161 Å². The highest BCUT2D eigenvalue weighted by molar-refractivity contribution is 9.10. The lowest BCUT2D eigenvalue weighted by molar-refractivity contribution is 0.252. The molecule has 0 saturated carbocycles. The summed E-state index contributed by atoms with van der Waals surface area (Å²) in [5.41, 5.74) is 3.93. The highest BCUT2D eigenvalue weighted by atomic mass is 79.9. The van der Waals surface area contributed by atoms with E-state index in [2.05, 4.69) is 37.9 Å². The summed E-state index contributed by atoms with van der Waals surface area (Å²) in [5.74, 6) is 0. The molecule has 5 heteroatoms. The molecule has 3 aromatic rings. The molecule has 0 aliphatic carbocycles. The van der Waals surface area contributed by atoms with Crippen molar-refractivity contribution >= 4 is 39.0 Å². The molecule has 0 spiro atoms. The molecule has 3 N–H and O–H groups in total. The van der Waals surface area contributed by atoms with Crippen LogP contribution in [-0.4, -0.2) is 12.6 Å². The van der Waals surface area contributed by atoms with Crippen LogP contribution in [-0.2, 0) is 6.42 Å². The van der Waals surface area contributed by atoms with E-state index in [0.29, 0.717) is 6.54 Å². The van der Waals surface area contributed by atoms with E-state index in [-0.39, 0.29) is 6.03 Å². The number of benzene rings is 3. The van der Waals surface area contributed by atoms with Crippen molar-refractivity contribution in [1.29, 1.82) is 0 Å². The number of para-hydroxylation sites is 1. The van der Waals surface area contributed by atoms with E-state index in [1.165, 1.54) is 5.56 Å². The van der Waals surface area contributed by atoms with Crippen molar-refractivity contribution in [2.24, 2.45) is 0 Å². The van der Waals surface area contributed by atoms with Crippen molar-refractivity contribution < 1.29 is 4.79 Å². The molecule has 0 saturated heterocycles. The Morgan fingerprint density at radius 1 is 0.808 bits per heavy atom. The van der Waals surface area contributed by atoms with Crippen molar-refractivity contribution in [3.8, 4) is 0 Å². The molecule has 0 atom stereocenters. The summed E-state index contributed by atoms with van der Waals surface area (Å²) in [5, 5.41) is 9.03. The second kappa shape index (κ2) is 9.06. The molecule has 0 aliphatic heterocycles. The largest absolute Gasteiger partial charge is 0.356 e. The third kappa shape index (κ3) is 5.63. The molecule has 3 aromatic carbocycles. The molecule has 0 heterocycles. The summed E-state index contributed by atoms with van der Waals surface area (Å²) in [7, 11) is 0. The van der Waals surface area contributed by atoms with Gasteiger partial charge in [-0.1, -0.05) is 46.3 Å². The third-order valence-electron chi connectivity index (χ3n) is 3.79. The third-order valence-corrected chi connectivity index (χ3v) is 4.29. The Kier molecular flexibility index (Phi) is 6.28. The van der Waals surface area contributed by atoms with Crippen LogP contribution in [0, 0.1) is 0 Å². The molecule has 0 radical (unpaired) electrons. The van der Waals surface area contributed by atoms with E-state index in [1.807, 2.05) is 72.8 Å². The molecule has 26 heavy (non-hydrogen) atoms. The van der Waals surface area contributed by atoms with E-state index in [4.69, 9.17) is 0 Å². The lowest BCUT2D eigenvalue weighted by Crippen LogP contribution is -2.30. The molecule has 4 nitrogen and oxygen atoms in total. The first-order valence-corrected chi connectivity index (χ1v) is 9.20. The fourth-order valence-electron chi connectivity index (χ4n) is 2.51. The summed E-state index contributed by atoms with van der Waals surface area (Å²) in [4.78, 5) is 12.0. The van der Waals surface area contributed by atoms with Gasteiger partial charge in [0.1, 0.15) is 0 Å². The fourth-order valence-corrected chi connectivity index (χ4v) is 2.96. The zero-order chi connectivity index (χ0) is 18.2. The Hall–Kier alpha value is -2.79. The number of rotatable bonds is 6. The minimum absolute atomic E-state index is 0.205. The quantitative estimate of drug-likeness (QED) is 0.499. The summed E-state index contributed by atoms with van der Waals surface area (Å²) in [6, 6.07) is 25.4. The number of hydrogen-bond donors (Lipinski definition) is 3. The number of amides is 2. The first-order chi connectivity index (χ1) is 12.7. The first kappa shape index (κ1) is 18.0. The van der Waals surface area contributed by atoms with Crippen molar-refractivity contribution in [1.82, 2.24) is 5.32 Å². The van der Waals surface area contributed by atoms with E-state index in [0.717, 1.165) is 28.0 Å². The molecule has 0 fully saturated rings. The van der Waals surface area contributed by atoms with Crippen molar-refractivity contribution in [3.05, 3.63) is 88.9 Å². The van der Waals surface area contributed by atoms with Crippen LogP contribution in [0.3, 0.4) is 0 Å². The average Bonchev–Trinajstić information content (AvgIpc) is 2.64. The number of carbonyl (C=O) groups is 1. The number of urea groups is 1. The number of anilines is 3. The Balaban J connectivity index is 1.45. The van der Waals surface area contributed by atoms with Crippen molar-refractivity contribution in [3.63, 3.8) is 0 Å². The lowest BCUT2D eigenvalue weighted by Gasteiger charge is -2.10. The van der Waals surface area contributed by atoms with Crippen LogP contribution < -0.4 is 16.0 Å². The van der Waals surface area contributed by atoms with Crippen LogP contribution in [0.15, 0.2) is 83.3 Å². The van der Waals surface area contributed by atoms with Crippen molar-refractivity contribution in [2.75, 3.05) is 17.2 Å². The van der Waals surface area contributed by atoms with Gasteiger partial charge in [0, 0.05) is 28.1 Å². The van der Waals surface area contributed by atoms with Gasteiger partial charge in [-0.2, -0.15) is 0 Å². The van der Waals surface area contributed by atoms with Gasteiger partial charge in [0.15, 0.2) is 0 Å². The molecule has 2 amide bonds. The van der Waals surface area contributed by atoms with E-state index >= 15 is 0 Å². The summed E-state index contributed by atoms with van der Waals surface area (Å²) < 4.78 is 1.05. The first-order valence-electron chi connectivity index (χ1n) is 8.40. The molecule has 0 bridgehead atoms. The predicted molar refractivity (Wildman–Crippen MR) is 111 cm³/mol. The van der Waals surface area contributed by atoms with Gasteiger partial charge in [0.05, 0.1) is 0 Å². The van der Waals surface area contributed by atoms with Gasteiger partial charge in [-0.15, -0.1) is 0 Å². The number of hydrogen-bond acceptors (Lipinski definition) is 2. The maximum Gasteiger partial charge on any atom is 0.319 e. The minimum Gasteiger partial charge on any atom is -0.356 e. The van der Waals surface area contributed by atoms with Crippen LogP contribution in [0.2, 0.25) is 0 Å². The van der Waals surface area contributed by atoms with E-state index in [9.17, 15) is 4.79 Å². The second-order valence-corrected chi connectivity index (χ2v) is 6.74. The highest BCUT2D eigenvalue weighted by Gasteiger charge is 2.02. The van der Waals surface area contributed by atoms with Gasteiger partial charge in [0.2, 0.25) is 0 Å². The highest BCUT2D eigenvalue weighted by Crippen LogP contribution is 2.18. The second-order valence-electron chi connectivity index (χ2n) is 5.83. The monoisotopic (exact) mass is 409 g/mol. The fraction of sp³-hybridized carbons (Fsp3) is 0.0952. The molecular formula is C21H20BrN3O. The molecule has 0 aromatic heterocycles. The van der Waals surface area contributed by atoms with Gasteiger partial charge in [-0.3, -0.25) is 0 Å². The van der Waals surface area contributed by atoms with Crippen LogP contribution in [0.25, 0.3) is 0 Å². The minimum atomic E-state index is -0.205. The normalized spacial score (nSPS) is 10.2. The SMILES string of the molecule is O=C(NCCc1cccc(Br)c1)Nc1ccc(Nc2ccccc2)cc1.